The molecule has 2 rings (SSSR count). The summed E-state index contributed by atoms with van der Waals surface area (Å²) >= 11 is 4.94. The lowest BCUT2D eigenvalue weighted by atomic mass is 10.2. The molecule has 1 aromatic carbocycles. The van der Waals surface area contributed by atoms with E-state index in [1.807, 2.05) is 24.3 Å². The molecule has 1 aliphatic heterocycles. The summed E-state index contributed by atoms with van der Waals surface area (Å²) in [7, 11) is -0.602. The molecule has 110 valence electrons. The van der Waals surface area contributed by atoms with Crippen molar-refractivity contribution in [3.05, 3.63) is 29.8 Å². The van der Waals surface area contributed by atoms with Crippen LogP contribution in [0.1, 0.15) is 12.0 Å². The summed E-state index contributed by atoms with van der Waals surface area (Å²) in [6.07, 6.45) is 0.962. The molecule has 1 aromatic rings. The van der Waals surface area contributed by atoms with Gasteiger partial charge in [-0.2, -0.15) is 0 Å². The van der Waals surface area contributed by atoms with Gasteiger partial charge in [0.1, 0.15) is 10.7 Å². The fourth-order valence-corrected chi connectivity index (χ4v) is 3.37. The van der Waals surface area contributed by atoms with Gasteiger partial charge < -0.3 is 15.4 Å². The smallest absolute Gasteiger partial charge is 0.119 e. The van der Waals surface area contributed by atoms with Gasteiger partial charge in [-0.1, -0.05) is 24.4 Å². The molecule has 20 heavy (non-hydrogen) atoms. The second-order valence-electron chi connectivity index (χ2n) is 4.78. The van der Waals surface area contributed by atoms with E-state index in [-0.39, 0.29) is 0 Å². The van der Waals surface area contributed by atoms with Crippen LogP contribution in [0.3, 0.4) is 0 Å². The van der Waals surface area contributed by atoms with Gasteiger partial charge in [-0.15, -0.1) is 0 Å². The average Bonchev–Trinajstić information content (AvgIpc) is 2.46. The highest BCUT2D eigenvalue weighted by molar-refractivity contribution is 7.85. The van der Waals surface area contributed by atoms with Gasteiger partial charge in [0.05, 0.1) is 6.61 Å². The van der Waals surface area contributed by atoms with Gasteiger partial charge in [0.2, 0.25) is 0 Å². The van der Waals surface area contributed by atoms with Gasteiger partial charge in [0.15, 0.2) is 0 Å². The molecule has 4 nitrogen and oxygen atoms in total. The first-order valence-electron chi connectivity index (χ1n) is 6.75. The minimum absolute atomic E-state index is 0.386. The zero-order valence-corrected chi connectivity index (χ0v) is 13.0. The first kappa shape index (κ1) is 15.4. The van der Waals surface area contributed by atoms with E-state index < -0.39 is 10.8 Å². The van der Waals surface area contributed by atoms with Gasteiger partial charge in [0.25, 0.3) is 0 Å². The maximum absolute atomic E-state index is 11.2. The number of benzene rings is 1. The quantitative estimate of drug-likeness (QED) is 0.631. The van der Waals surface area contributed by atoms with E-state index in [2.05, 4.69) is 4.90 Å². The van der Waals surface area contributed by atoms with Crippen LogP contribution < -0.4 is 10.5 Å². The highest BCUT2D eigenvalue weighted by Gasteiger charge is 2.14. The predicted octanol–water partition coefficient (Wildman–Crippen LogP) is 1.15. The lowest BCUT2D eigenvalue weighted by molar-refractivity contribution is 0.247. The van der Waals surface area contributed by atoms with Crippen molar-refractivity contribution in [3.8, 4) is 5.75 Å². The second kappa shape index (κ2) is 7.71. The number of rotatable bonds is 6. The number of hydrogen-bond acceptors (Lipinski definition) is 4. The molecule has 1 fully saturated rings. The summed E-state index contributed by atoms with van der Waals surface area (Å²) in [5, 5.41) is 0. The number of thiocarbonyl (C=S) groups is 1. The maximum atomic E-state index is 11.2. The van der Waals surface area contributed by atoms with Gasteiger partial charge in [0, 0.05) is 47.5 Å². The summed E-state index contributed by atoms with van der Waals surface area (Å²) in [5.74, 6) is 2.41. The van der Waals surface area contributed by atoms with Crippen LogP contribution in [0.25, 0.3) is 0 Å². The lowest BCUT2D eigenvalue weighted by Crippen LogP contribution is -2.38. The summed E-state index contributed by atoms with van der Waals surface area (Å²) < 4.78 is 17.0. The Morgan fingerprint density at radius 1 is 1.40 bits per heavy atom. The topological polar surface area (TPSA) is 55.6 Å². The summed E-state index contributed by atoms with van der Waals surface area (Å²) in [5.41, 5.74) is 6.42. The van der Waals surface area contributed by atoms with Crippen LogP contribution in [0.4, 0.5) is 0 Å². The first-order chi connectivity index (χ1) is 9.65. The Morgan fingerprint density at radius 3 is 2.85 bits per heavy atom. The molecule has 1 saturated heterocycles. The Bertz CT molecular complexity index is 484. The highest BCUT2D eigenvalue weighted by atomic mass is 32.2. The van der Waals surface area contributed by atoms with E-state index in [9.17, 15) is 4.21 Å². The zero-order valence-electron chi connectivity index (χ0n) is 11.4. The Morgan fingerprint density at radius 2 is 2.15 bits per heavy atom. The predicted molar refractivity (Wildman–Crippen MR) is 86.8 cm³/mol. The number of nitrogens with zero attached hydrogens (tertiary/aromatic N) is 1. The standard InChI is InChI=1S/C14H20N2O2S2/c15-14(19)12-3-1-4-13(11-12)18-8-2-5-16-6-9-20(17)10-7-16/h1,3-4,11H,2,5-10H2,(H2,15,19). The van der Waals surface area contributed by atoms with E-state index in [0.29, 0.717) is 11.6 Å². The van der Waals surface area contributed by atoms with E-state index in [4.69, 9.17) is 22.7 Å². The van der Waals surface area contributed by atoms with E-state index in [0.717, 1.165) is 48.9 Å². The number of hydrogen-bond donors (Lipinski definition) is 1. The van der Waals surface area contributed by atoms with Gasteiger partial charge in [-0.25, -0.2) is 0 Å². The van der Waals surface area contributed by atoms with E-state index >= 15 is 0 Å². The molecule has 0 radical (unpaired) electrons. The van der Waals surface area contributed by atoms with Crippen molar-refractivity contribution >= 4 is 28.0 Å². The van der Waals surface area contributed by atoms with Crippen molar-refractivity contribution < 1.29 is 8.95 Å². The molecule has 2 N–H and O–H groups in total. The third kappa shape index (κ3) is 4.85. The third-order valence-electron chi connectivity index (χ3n) is 3.28. The number of nitrogens with two attached hydrogens (primary N) is 1. The third-order valence-corrected chi connectivity index (χ3v) is 4.79. The van der Waals surface area contributed by atoms with Crippen LogP contribution in [0.2, 0.25) is 0 Å². The fraction of sp³-hybridized carbons (Fsp3) is 0.500. The van der Waals surface area contributed by atoms with Crippen LogP contribution in [0.15, 0.2) is 24.3 Å². The van der Waals surface area contributed by atoms with E-state index in [1.54, 1.807) is 0 Å². The Kier molecular flexibility index (Phi) is 5.94. The summed E-state index contributed by atoms with van der Waals surface area (Å²) in [4.78, 5) is 2.73. The van der Waals surface area contributed by atoms with Crippen molar-refractivity contribution in [2.24, 2.45) is 5.73 Å². The Hall–Kier alpha value is -0.980. The van der Waals surface area contributed by atoms with Crippen molar-refractivity contribution in [1.29, 1.82) is 0 Å². The van der Waals surface area contributed by atoms with Crippen LogP contribution in [0.5, 0.6) is 5.75 Å². The van der Waals surface area contributed by atoms with Crippen LogP contribution >= 0.6 is 12.2 Å². The van der Waals surface area contributed by atoms with Crippen molar-refractivity contribution in [1.82, 2.24) is 4.90 Å². The van der Waals surface area contributed by atoms with Crippen molar-refractivity contribution in [2.75, 3.05) is 37.7 Å². The summed E-state index contributed by atoms with van der Waals surface area (Å²) in [6, 6.07) is 7.55. The fourth-order valence-electron chi connectivity index (χ4n) is 2.12. The molecule has 0 saturated carbocycles. The molecule has 1 heterocycles. The molecule has 6 heteroatoms. The zero-order chi connectivity index (χ0) is 14.4. The Balaban J connectivity index is 1.69. The molecule has 1 aliphatic rings. The largest absolute Gasteiger partial charge is 0.494 e. The molecular formula is C14H20N2O2S2. The van der Waals surface area contributed by atoms with Crippen molar-refractivity contribution in [3.63, 3.8) is 0 Å². The minimum Gasteiger partial charge on any atom is -0.494 e. The van der Waals surface area contributed by atoms with Gasteiger partial charge in [-0.05, 0) is 18.6 Å². The van der Waals surface area contributed by atoms with Crippen LogP contribution in [0, 0.1) is 0 Å². The molecule has 0 bridgehead atoms. The molecule has 0 amide bonds. The highest BCUT2D eigenvalue weighted by Crippen LogP contribution is 2.13. The van der Waals surface area contributed by atoms with E-state index in [1.165, 1.54) is 0 Å². The lowest BCUT2D eigenvalue weighted by Gasteiger charge is -2.25. The molecule has 0 unspecified atom stereocenters. The molecule has 0 spiro atoms. The normalized spacial score (nSPS) is 17.0. The molecular weight excluding hydrogens is 292 g/mol. The summed E-state index contributed by atoms with van der Waals surface area (Å²) in [6.45, 7) is 3.53. The minimum atomic E-state index is -0.602. The number of ether oxygens (including phenoxy) is 1. The van der Waals surface area contributed by atoms with Crippen molar-refractivity contribution in [2.45, 2.75) is 6.42 Å². The van der Waals surface area contributed by atoms with Crippen LogP contribution in [-0.2, 0) is 10.8 Å². The molecule has 0 atom stereocenters. The van der Waals surface area contributed by atoms with Crippen LogP contribution in [-0.4, -0.2) is 51.8 Å². The molecule has 0 aromatic heterocycles. The monoisotopic (exact) mass is 312 g/mol. The van der Waals surface area contributed by atoms with Gasteiger partial charge >= 0.3 is 0 Å². The van der Waals surface area contributed by atoms with Gasteiger partial charge in [-0.3, -0.25) is 4.21 Å². The SMILES string of the molecule is NC(=S)c1cccc(OCCCN2CCS(=O)CC2)c1. The second-order valence-corrected chi connectivity index (χ2v) is 6.92. The maximum Gasteiger partial charge on any atom is 0.119 e. The first-order valence-corrected chi connectivity index (χ1v) is 8.65. The molecule has 0 aliphatic carbocycles. The Labute approximate surface area is 127 Å². The average molecular weight is 312 g/mol.